The molecule has 0 amide bonds. The van der Waals surface area contributed by atoms with E-state index in [1.807, 2.05) is 37.3 Å². The Kier molecular flexibility index (Phi) is 4.88. The fourth-order valence-corrected chi connectivity index (χ4v) is 4.77. The van der Waals surface area contributed by atoms with Crippen molar-refractivity contribution in [3.63, 3.8) is 0 Å². The van der Waals surface area contributed by atoms with Crippen LogP contribution in [0, 0.1) is 12.7 Å². The molecule has 0 aliphatic carbocycles. The van der Waals surface area contributed by atoms with Gasteiger partial charge in [0.1, 0.15) is 30.0 Å². The minimum Gasteiger partial charge on any atom is -0.480 e. The molecule has 2 unspecified atom stereocenters. The second-order valence-corrected chi connectivity index (χ2v) is 8.52. The first-order valence-corrected chi connectivity index (χ1v) is 11.2. The van der Waals surface area contributed by atoms with Crippen LogP contribution >= 0.6 is 0 Å². The van der Waals surface area contributed by atoms with Gasteiger partial charge in [-0.05, 0) is 42.8 Å². The number of anilines is 1. The lowest BCUT2D eigenvalue weighted by Crippen LogP contribution is -2.33. The zero-order chi connectivity index (χ0) is 24.1. The number of nitrogens with zero attached hydrogens (tertiary/aromatic N) is 3. The summed E-state index contributed by atoms with van der Waals surface area (Å²) in [5.74, 6) is 0.454. The normalized spacial score (nSPS) is 18.0. The van der Waals surface area contributed by atoms with Gasteiger partial charge in [0, 0.05) is 16.7 Å². The summed E-state index contributed by atoms with van der Waals surface area (Å²) in [6, 6.07) is 19.1. The second kappa shape index (κ2) is 8.09. The van der Waals surface area contributed by atoms with Crippen LogP contribution in [0.25, 0.3) is 5.70 Å². The summed E-state index contributed by atoms with van der Waals surface area (Å²) in [6.45, 7) is 2.01. The molecule has 6 rings (SSSR count). The number of benzene rings is 3. The van der Waals surface area contributed by atoms with Crippen molar-refractivity contribution in [1.82, 2.24) is 14.8 Å². The highest BCUT2D eigenvalue weighted by atomic mass is 19.1. The minimum absolute atomic E-state index is 0.345. The highest BCUT2D eigenvalue weighted by Gasteiger charge is 2.41. The van der Waals surface area contributed by atoms with Crippen LogP contribution in [0.3, 0.4) is 0 Å². The number of aromatic nitrogens is 3. The quantitative estimate of drug-likeness (QED) is 0.423. The van der Waals surface area contributed by atoms with E-state index in [0.29, 0.717) is 22.8 Å². The van der Waals surface area contributed by atoms with E-state index in [9.17, 15) is 4.79 Å². The topological polar surface area (TPSA) is 78.3 Å². The molecule has 2 atom stereocenters. The van der Waals surface area contributed by atoms with Crippen molar-refractivity contribution in [3.8, 4) is 5.75 Å². The maximum atomic E-state index is 15.2. The molecule has 8 heteroatoms. The SMILES string of the molecule is COC(=O)c1ccc(C2Oc3ccc(C)cc3C3=C2C(c2ccccc2F)n2ncnc2N3)cc1. The summed E-state index contributed by atoms with van der Waals surface area (Å²) in [4.78, 5) is 16.4. The van der Waals surface area contributed by atoms with Crippen LogP contribution in [-0.4, -0.2) is 27.8 Å². The van der Waals surface area contributed by atoms with Crippen molar-refractivity contribution in [2.45, 2.75) is 19.1 Å². The fraction of sp³-hybridized carbons (Fsp3) is 0.148. The van der Waals surface area contributed by atoms with Gasteiger partial charge >= 0.3 is 5.97 Å². The van der Waals surface area contributed by atoms with Gasteiger partial charge in [-0.15, -0.1) is 0 Å². The Morgan fingerprint density at radius 1 is 1.11 bits per heavy atom. The lowest BCUT2D eigenvalue weighted by Gasteiger charge is -2.39. The summed E-state index contributed by atoms with van der Waals surface area (Å²) in [5, 5.41) is 7.83. The van der Waals surface area contributed by atoms with E-state index in [0.717, 1.165) is 28.0 Å². The molecule has 174 valence electrons. The van der Waals surface area contributed by atoms with Crippen LogP contribution in [0.5, 0.6) is 5.75 Å². The highest BCUT2D eigenvalue weighted by Crippen LogP contribution is 2.51. The van der Waals surface area contributed by atoms with Gasteiger partial charge in [-0.3, -0.25) is 0 Å². The fourth-order valence-electron chi connectivity index (χ4n) is 4.77. The molecule has 0 radical (unpaired) electrons. The van der Waals surface area contributed by atoms with Gasteiger partial charge in [0.2, 0.25) is 5.95 Å². The Labute approximate surface area is 200 Å². The average molecular weight is 468 g/mol. The molecule has 0 saturated carbocycles. The summed E-state index contributed by atoms with van der Waals surface area (Å²) in [6.07, 6.45) is 0.883. The number of hydrogen-bond donors (Lipinski definition) is 1. The van der Waals surface area contributed by atoms with Crippen LogP contribution in [0.2, 0.25) is 0 Å². The molecule has 0 spiro atoms. The third-order valence-corrected chi connectivity index (χ3v) is 6.40. The standard InChI is InChI=1S/C27H21FN4O3/c1-15-7-12-21-19(13-15)23-22(25(35-21)16-8-10-17(11-9-16)26(33)34-2)24(18-5-3-4-6-20(18)28)32-27(31-23)29-14-30-32/h3-14,24-25H,1-2H3,(H,29,30,31). The second-order valence-electron chi connectivity index (χ2n) is 8.52. The summed E-state index contributed by atoms with van der Waals surface area (Å²) >= 11 is 0. The number of carbonyl (C=O) groups excluding carboxylic acids is 1. The van der Waals surface area contributed by atoms with E-state index in [4.69, 9.17) is 9.47 Å². The Bertz CT molecular complexity index is 1490. The van der Waals surface area contributed by atoms with Crippen LogP contribution in [0.1, 0.15) is 44.8 Å². The molecule has 2 aliphatic rings. The van der Waals surface area contributed by atoms with E-state index in [1.54, 1.807) is 35.0 Å². The average Bonchev–Trinajstić information content (AvgIpc) is 3.36. The predicted molar refractivity (Wildman–Crippen MR) is 127 cm³/mol. The first-order chi connectivity index (χ1) is 17.0. The zero-order valence-electron chi connectivity index (χ0n) is 19.0. The van der Waals surface area contributed by atoms with Crippen molar-refractivity contribution in [1.29, 1.82) is 0 Å². The van der Waals surface area contributed by atoms with E-state index in [1.165, 1.54) is 19.5 Å². The monoisotopic (exact) mass is 468 g/mol. The van der Waals surface area contributed by atoms with E-state index in [-0.39, 0.29) is 5.82 Å². The number of hydrogen-bond acceptors (Lipinski definition) is 6. The molecule has 4 aromatic rings. The van der Waals surface area contributed by atoms with Gasteiger partial charge in [-0.2, -0.15) is 10.1 Å². The molecule has 3 heterocycles. The van der Waals surface area contributed by atoms with Crippen LogP contribution < -0.4 is 10.1 Å². The lowest BCUT2D eigenvalue weighted by molar-refractivity contribution is 0.0600. The van der Waals surface area contributed by atoms with Crippen molar-refractivity contribution < 1.29 is 18.7 Å². The number of halogens is 1. The number of ether oxygens (including phenoxy) is 2. The molecule has 0 fully saturated rings. The molecule has 3 aromatic carbocycles. The smallest absolute Gasteiger partial charge is 0.337 e. The van der Waals surface area contributed by atoms with Gasteiger partial charge in [0.25, 0.3) is 0 Å². The first kappa shape index (κ1) is 21.1. The van der Waals surface area contributed by atoms with Crippen molar-refractivity contribution in [2.75, 3.05) is 12.4 Å². The highest BCUT2D eigenvalue weighted by molar-refractivity contribution is 5.89. The van der Waals surface area contributed by atoms with E-state index in [2.05, 4.69) is 15.4 Å². The number of rotatable bonds is 3. The Hall–Kier alpha value is -4.46. The molecule has 0 bridgehead atoms. The maximum absolute atomic E-state index is 15.2. The maximum Gasteiger partial charge on any atom is 0.337 e. The van der Waals surface area contributed by atoms with Crippen LogP contribution in [0.15, 0.2) is 78.6 Å². The molecular weight excluding hydrogens is 447 g/mol. The molecule has 0 saturated heterocycles. The zero-order valence-corrected chi connectivity index (χ0v) is 19.0. The van der Waals surface area contributed by atoms with Gasteiger partial charge in [0.05, 0.1) is 18.4 Å². The molecule has 1 N–H and O–H groups in total. The summed E-state index contributed by atoms with van der Waals surface area (Å²) in [5.41, 5.74) is 5.26. The third kappa shape index (κ3) is 3.37. The predicted octanol–water partition coefficient (Wildman–Crippen LogP) is 5.07. The van der Waals surface area contributed by atoms with E-state index < -0.39 is 18.1 Å². The van der Waals surface area contributed by atoms with Crippen LogP contribution in [0.4, 0.5) is 10.3 Å². The van der Waals surface area contributed by atoms with Crippen LogP contribution in [-0.2, 0) is 4.74 Å². The largest absolute Gasteiger partial charge is 0.480 e. The first-order valence-electron chi connectivity index (χ1n) is 11.2. The summed E-state index contributed by atoms with van der Waals surface area (Å²) in [7, 11) is 1.35. The Balaban J connectivity index is 1.59. The van der Waals surface area contributed by atoms with Gasteiger partial charge in [0.15, 0.2) is 0 Å². The molecule has 1 aromatic heterocycles. The van der Waals surface area contributed by atoms with Gasteiger partial charge in [-0.1, -0.05) is 42.0 Å². The summed E-state index contributed by atoms with van der Waals surface area (Å²) < 4.78 is 28.3. The van der Waals surface area contributed by atoms with Crippen molar-refractivity contribution in [2.24, 2.45) is 0 Å². The van der Waals surface area contributed by atoms with Gasteiger partial charge in [-0.25, -0.2) is 13.9 Å². The van der Waals surface area contributed by atoms with Gasteiger partial charge < -0.3 is 14.8 Å². The number of aryl methyl sites for hydroxylation is 1. The number of methoxy groups -OCH3 is 1. The molecule has 35 heavy (non-hydrogen) atoms. The van der Waals surface area contributed by atoms with E-state index >= 15 is 4.39 Å². The minimum atomic E-state index is -0.594. The molecule has 7 nitrogen and oxygen atoms in total. The molecular formula is C27H21FN4O3. The lowest BCUT2D eigenvalue weighted by atomic mass is 9.84. The number of nitrogens with one attached hydrogen (secondary N) is 1. The third-order valence-electron chi connectivity index (χ3n) is 6.40. The number of esters is 1. The number of carbonyl (C=O) groups is 1. The number of fused-ring (bicyclic) bond motifs is 3. The van der Waals surface area contributed by atoms with Crippen molar-refractivity contribution >= 4 is 17.6 Å². The van der Waals surface area contributed by atoms with Crippen molar-refractivity contribution in [3.05, 3.63) is 112 Å². The Morgan fingerprint density at radius 2 is 1.91 bits per heavy atom. The Morgan fingerprint density at radius 3 is 2.69 bits per heavy atom. The molecule has 2 aliphatic heterocycles.